The van der Waals surface area contributed by atoms with Crippen LogP contribution in [-0.2, 0) is 12.5 Å². The van der Waals surface area contributed by atoms with E-state index in [1.165, 1.54) is 0 Å². The average molecular weight is 330 g/mol. The van der Waals surface area contributed by atoms with Crippen LogP contribution in [0.5, 0.6) is 0 Å². The summed E-state index contributed by atoms with van der Waals surface area (Å²) in [7, 11) is 0. The lowest BCUT2D eigenvalue weighted by molar-refractivity contribution is 0.714. The quantitative estimate of drug-likeness (QED) is 0.823. The van der Waals surface area contributed by atoms with Crippen molar-refractivity contribution in [3.05, 3.63) is 40.8 Å². The Kier molecular flexibility index (Phi) is 5.38. The van der Waals surface area contributed by atoms with Crippen LogP contribution in [0.25, 0.3) is 0 Å². The van der Waals surface area contributed by atoms with Crippen molar-refractivity contribution in [2.24, 2.45) is 5.73 Å². The Labute approximate surface area is 133 Å². The Hall–Kier alpha value is -0.680. The maximum atomic E-state index is 6.06. The van der Waals surface area contributed by atoms with E-state index < -0.39 is 0 Å². The van der Waals surface area contributed by atoms with Gasteiger partial charge in [-0.05, 0) is 24.1 Å². The number of halogens is 2. The molecule has 0 radical (unpaired) electrons. The number of nitrogens with two attached hydrogens (primary N) is 1. The van der Waals surface area contributed by atoms with Crippen molar-refractivity contribution in [3.63, 3.8) is 0 Å². The summed E-state index contributed by atoms with van der Waals surface area (Å²) < 4.78 is 1.96. The molecular formula is C14H17Cl2N3S. The maximum absolute atomic E-state index is 6.06. The van der Waals surface area contributed by atoms with E-state index in [-0.39, 0.29) is 0 Å². The molecule has 6 heteroatoms. The predicted molar refractivity (Wildman–Crippen MR) is 85.6 cm³/mol. The summed E-state index contributed by atoms with van der Waals surface area (Å²) in [5.74, 6) is 1.12. The molecule has 0 bridgehead atoms. The Morgan fingerprint density at radius 3 is 2.70 bits per heavy atom. The number of alkyl halides is 1. The van der Waals surface area contributed by atoms with E-state index in [4.69, 9.17) is 28.9 Å². The summed E-state index contributed by atoms with van der Waals surface area (Å²) >= 11 is 13.7. The van der Waals surface area contributed by atoms with E-state index in [0.717, 1.165) is 26.5 Å². The second-order valence-corrected chi connectivity index (χ2v) is 6.42. The zero-order valence-electron chi connectivity index (χ0n) is 11.4. The molecule has 0 unspecified atom stereocenters. The first kappa shape index (κ1) is 15.7. The Bertz CT molecular complexity index is 596. The fourth-order valence-corrected chi connectivity index (χ4v) is 3.71. The number of nitrogens with zero attached hydrogens (tertiary/aromatic N) is 2. The lowest BCUT2D eigenvalue weighted by atomic mass is 10.2. The highest BCUT2D eigenvalue weighted by atomic mass is 35.5. The minimum Gasteiger partial charge on any atom is -0.324 e. The van der Waals surface area contributed by atoms with Gasteiger partial charge in [-0.25, -0.2) is 4.98 Å². The van der Waals surface area contributed by atoms with Crippen molar-refractivity contribution in [2.45, 2.75) is 42.2 Å². The number of hydrogen-bond acceptors (Lipinski definition) is 3. The lowest BCUT2D eigenvalue weighted by Gasteiger charge is -2.10. The second-order valence-electron chi connectivity index (χ2n) is 4.68. The SMILES string of the molecule is CC(C)c1nc(CN)n(CCl)c1Sc1cccc(Cl)c1. The molecule has 0 saturated carbocycles. The van der Waals surface area contributed by atoms with Gasteiger partial charge in [0.1, 0.15) is 10.9 Å². The van der Waals surface area contributed by atoms with Crippen LogP contribution in [0.1, 0.15) is 31.3 Å². The molecule has 0 saturated heterocycles. The molecule has 0 aliphatic rings. The van der Waals surface area contributed by atoms with Gasteiger partial charge in [0.25, 0.3) is 0 Å². The molecule has 0 spiro atoms. The molecule has 108 valence electrons. The van der Waals surface area contributed by atoms with Crippen LogP contribution in [0.2, 0.25) is 5.02 Å². The molecule has 1 heterocycles. The van der Waals surface area contributed by atoms with Crippen LogP contribution in [0, 0.1) is 0 Å². The van der Waals surface area contributed by atoms with Crippen molar-refractivity contribution in [3.8, 4) is 0 Å². The van der Waals surface area contributed by atoms with Crippen molar-refractivity contribution >= 4 is 35.0 Å². The van der Waals surface area contributed by atoms with Crippen LogP contribution in [0.15, 0.2) is 34.2 Å². The smallest absolute Gasteiger partial charge is 0.124 e. The number of imidazole rings is 1. The Balaban J connectivity index is 2.45. The van der Waals surface area contributed by atoms with Gasteiger partial charge >= 0.3 is 0 Å². The molecule has 0 amide bonds. The number of rotatable bonds is 5. The van der Waals surface area contributed by atoms with Gasteiger partial charge in [0, 0.05) is 9.92 Å². The third-order valence-electron chi connectivity index (χ3n) is 2.88. The van der Waals surface area contributed by atoms with E-state index in [9.17, 15) is 0 Å². The average Bonchev–Trinajstić information content (AvgIpc) is 2.76. The predicted octanol–water partition coefficient (Wildman–Crippen LogP) is 4.47. The fourth-order valence-electron chi connectivity index (χ4n) is 1.91. The second kappa shape index (κ2) is 6.85. The van der Waals surface area contributed by atoms with Gasteiger partial charge < -0.3 is 10.3 Å². The standard InChI is InChI=1S/C14H17Cl2N3S/c1-9(2)13-14(19(8-15)12(7-17)18-13)20-11-5-3-4-10(16)6-11/h3-6,9H,7-8,17H2,1-2H3. The van der Waals surface area contributed by atoms with E-state index in [2.05, 4.69) is 18.8 Å². The highest BCUT2D eigenvalue weighted by Crippen LogP contribution is 2.35. The molecule has 2 rings (SSSR count). The molecule has 1 aromatic heterocycles. The zero-order chi connectivity index (χ0) is 14.7. The van der Waals surface area contributed by atoms with Gasteiger partial charge in [0.2, 0.25) is 0 Å². The third-order valence-corrected chi connectivity index (χ3v) is 4.47. The summed E-state index contributed by atoms with van der Waals surface area (Å²) in [5.41, 5.74) is 6.78. The van der Waals surface area contributed by atoms with Crippen LogP contribution in [-0.4, -0.2) is 9.55 Å². The first-order valence-corrected chi connectivity index (χ1v) is 8.08. The maximum Gasteiger partial charge on any atom is 0.124 e. The van der Waals surface area contributed by atoms with Gasteiger partial charge in [-0.15, -0.1) is 11.6 Å². The Morgan fingerprint density at radius 2 is 2.15 bits per heavy atom. The number of hydrogen-bond donors (Lipinski definition) is 1. The van der Waals surface area contributed by atoms with Crippen molar-refractivity contribution < 1.29 is 0 Å². The summed E-state index contributed by atoms with van der Waals surface area (Å²) in [6.07, 6.45) is 0. The first-order valence-electron chi connectivity index (χ1n) is 6.35. The van der Waals surface area contributed by atoms with Gasteiger partial charge in [-0.1, -0.05) is 43.3 Å². The van der Waals surface area contributed by atoms with E-state index in [1.54, 1.807) is 11.8 Å². The highest BCUT2D eigenvalue weighted by Gasteiger charge is 2.19. The monoisotopic (exact) mass is 329 g/mol. The van der Waals surface area contributed by atoms with Crippen LogP contribution >= 0.6 is 35.0 Å². The third kappa shape index (κ3) is 3.31. The molecule has 1 aromatic carbocycles. The van der Waals surface area contributed by atoms with Gasteiger partial charge in [0.15, 0.2) is 0 Å². The van der Waals surface area contributed by atoms with Crippen LogP contribution in [0.3, 0.4) is 0 Å². The molecule has 20 heavy (non-hydrogen) atoms. The van der Waals surface area contributed by atoms with E-state index in [1.807, 2.05) is 28.8 Å². The van der Waals surface area contributed by atoms with Gasteiger partial charge in [-0.2, -0.15) is 0 Å². The lowest BCUT2D eigenvalue weighted by Crippen LogP contribution is -2.07. The minimum absolute atomic E-state index is 0.312. The molecule has 0 aliphatic carbocycles. The Morgan fingerprint density at radius 1 is 1.40 bits per heavy atom. The van der Waals surface area contributed by atoms with Crippen LogP contribution < -0.4 is 5.73 Å². The van der Waals surface area contributed by atoms with Crippen molar-refractivity contribution in [1.29, 1.82) is 0 Å². The summed E-state index contributed by atoms with van der Waals surface area (Å²) in [5, 5.41) is 1.76. The highest BCUT2D eigenvalue weighted by molar-refractivity contribution is 7.99. The molecular weight excluding hydrogens is 313 g/mol. The number of aromatic nitrogens is 2. The zero-order valence-corrected chi connectivity index (χ0v) is 13.8. The minimum atomic E-state index is 0.312. The van der Waals surface area contributed by atoms with Gasteiger partial charge in [-0.3, -0.25) is 0 Å². The summed E-state index contributed by atoms with van der Waals surface area (Å²) in [4.78, 5) is 5.68. The van der Waals surface area contributed by atoms with Crippen LogP contribution in [0.4, 0.5) is 0 Å². The molecule has 0 aliphatic heterocycles. The first-order chi connectivity index (χ1) is 9.56. The number of benzene rings is 1. The molecule has 3 nitrogen and oxygen atoms in total. The van der Waals surface area contributed by atoms with Crippen molar-refractivity contribution in [2.75, 3.05) is 0 Å². The molecule has 0 fully saturated rings. The molecule has 0 atom stereocenters. The molecule has 2 aromatic rings. The summed E-state index contributed by atoms with van der Waals surface area (Å²) in [6.45, 7) is 4.61. The summed E-state index contributed by atoms with van der Waals surface area (Å²) in [6, 6.07) is 8.09. The largest absolute Gasteiger partial charge is 0.324 e. The topological polar surface area (TPSA) is 43.8 Å². The fraction of sp³-hybridized carbons (Fsp3) is 0.357. The van der Waals surface area contributed by atoms with E-state index >= 15 is 0 Å². The van der Waals surface area contributed by atoms with E-state index in [0.29, 0.717) is 18.5 Å². The van der Waals surface area contributed by atoms with Gasteiger partial charge in [0.05, 0.1) is 18.2 Å². The molecule has 2 N–H and O–H groups in total. The normalized spacial score (nSPS) is 11.3. The van der Waals surface area contributed by atoms with Crippen molar-refractivity contribution in [1.82, 2.24) is 9.55 Å².